The van der Waals surface area contributed by atoms with Gasteiger partial charge in [0.2, 0.25) is 0 Å². The van der Waals surface area contributed by atoms with E-state index in [0.29, 0.717) is 31.3 Å². The maximum atomic E-state index is 12.7. The van der Waals surface area contributed by atoms with Gasteiger partial charge in [0.1, 0.15) is 11.0 Å². The first-order valence-corrected chi connectivity index (χ1v) is 9.31. The predicted octanol–water partition coefficient (Wildman–Crippen LogP) is 0.636. The van der Waals surface area contributed by atoms with E-state index < -0.39 is 51.9 Å². The highest BCUT2D eigenvalue weighted by atomic mass is 16.6. The van der Waals surface area contributed by atoms with E-state index in [0.717, 1.165) is 7.11 Å². The van der Waals surface area contributed by atoms with E-state index in [4.69, 9.17) is 9.84 Å². The third-order valence-corrected chi connectivity index (χ3v) is 8.12. The minimum atomic E-state index is -1.27. The number of fused-ring (bicyclic) bond motifs is 1. The summed E-state index contributed by atoms with van der Waals surface area (Å²) in [7, 11) is 1.00. The number of hydrogen-bond donors (Lipinski definition) is 4. The lowest BCUT2D eigenvalue weighted by Gasteiger charge is -2.44. The molecule has 27 heavy (non-hydrogen) atoms. The van der Waals surface area contributed by atoms with Gasteiger partial charge in [-0.1, -0.05) is 12.7 Å². The molecule has 3 saturated carbocycles. The second kappa shape index (κ2) is 5.21. The zero-order valence-corrected chi connectivity index (χ0v) is 15.5. The van der Waals surface area contributed by atoms with Crippen molar-refractivity contribution >= 4 is 11.9 Å². The molecule has 4 aliphatic carbocycles. The summed E-state index contributed by atoms with van der Waals surface area (Å²) in [6.45, 7) is 5.64. The van der Waals surface area contributed by atoms with Gasteiger partial charge in [-0.3, -0.25) is 9.59 Å². The van der Waals surface area contributed by atoms with Crippen LogP contribution in [-0.2, 0) is 14.3 Å². The standard InChI is InChI=1S/C19H22O6.CH4O/c1-9-7-17-8-18(9,24)5-3-10(17)19-6-4-11(20)16(2,15(23)25-19)13(19)12(17)14(21)22;1-2/h4,6,10-13,20,24H,1,3,5,7-8H2,2H3,(H,21,22);2H,1H3/t10-,11+,12-,13-,16-,17+,18+,19-;/m1./s1. The fourth-order valence-electron chi connectivity index (χ4n) is 7.13. The van der Waals surface area contributed by atoms with Crippen LogP contribution in [-0.4, -0.2) is 56.8 Å². The summed E-state index contributed by atoms with van der Waals surface area (Å²) in [5.74, 6) is -3.18. The van der Waals surface area contributed by atoms with Crippen molar-refractivity contribution in [3.05, 3.63) is 24.3 Å². The van der Waals surface area contributed by atoms with Crippen LogP contribution in [0.2, 0.25) is 0 Å². The average Bonchev–Trinajstić information content (AvgIpc) is 3.04. The van der Waals surface area contributed by atoms with Crippen LogP contribution in [0.25, 0.3) is 0 Å². The highest BCUT2D eigenvalue weighted by Gasteiger charge is 2.83. The molecule has 1 heterocycles. The molecule has 5 aliphatic rings. The molecule has 4 fully saturated rings. The molecule has 5 rings (SSSR count). The van der Waals surface area contributed by atoms with Crippen molar-refractivity contribution in [2.45, 2.75) is 49.9 Å². The lowest BCUT2D eigenvalue weighted by molar-refractivity contribution is -0.163. The van der Waals surface area contributed by atoms with Gasteiger partial charge in [-0.25, -0.2) is 0 Å². The maximum Gasteiger partial charge on any atom is 0.316 e. The molecule has 0 aromatic heterocycles. The van der Waals surface area contributed by atoms with Gasteiger partial charge in [0.05, 0.1) is 17.6 Å². The number of aliphatic hydroxyl groups excluding tert-OH is 2. The van der Waals surface area contributed by atoms with E-state index in [1.165, 1.54) is 0 Å². The minimum absolute atomic E-state index is 0.180. The molecular weight excluding hydrogens is 352 g/mol. The van der Waals surface area contributed by atoms with Crippen molar-refractivity contribution in [2.75, 3.05) is 7.11 Å². The van der Waals surface area contributed by atoms with Crippen LogP contribution in [0, 0.1) is 28.6 Å². The van der Waals surface area contributed by atoms with Gasteiger partial charge < -0.3 is 25.2 Å². The molecule has 0 aromatic rings. The number of rotatable bonds is 1. The predicted molar refractivity (Wildman–Crippen MR) is 93.3 cm³/mol. The fraction of sp³-hybridized carbons (Fsp3) is 0.700. The normalized spacial score (nSPS) is 54.0. The number of esters is 1. The third kappa shape index (κ3) is 1.78. The molecule has 0 unspecified atom stereocenters. The smallest absolute Gasteiger partial charge is 0.316 e. The number of carboxylic acids is 1. The first-order valence-electron chi connectivity index (χ1n) is 9.31. The lowest BCUT2D eigenvalue weighted by Crippen LogP contribution is -2.50. The fourth-order valence-corrected chi connectivity index (χ4v) is 7.13. The van der Waals surface area contributed by atoms with Crippen molar-refractivity contribution in [3.63, 3.8) is 0 Å². The van der Waals surface area contributed by atoms with E-state index in [1.807, 2.05) is 0 Å². The van der Waals surface area contributed by atoms with Gasteiger partial charge in [-0.05, 0) is 49.7 Å². The first kappa shape index (κ1) is 18.7. The van der Waals surface area contributed by atoms with E-state index >= 15 is 0 Å². The molecular formula is C20H26O7. The van der Waals surface area contributed by atoms with Crippen LogP contribution in [0.15, 0.2) is 24.3 Å². The van der Waals surface area contributed by atoms with Gasteiger partial charge in [-0.15, -0.1) is 0 Å². The van der Waals surface area contributed by atoms with Crippen molar-refractivity contribution in [1.82, 2.24) is 0 Å². The summed E-state index contributed by atoms with van der Waals surface area (Å²) in [5, 5.41) is 38.6. The third-order valence-electron chi connectivity index (χ3n) is 8.12. The van der Waals surface area contributed by atoms with Crippen LogP contribution >= 0.6 is 0 Å². The number of carbonyl (C=O) groups is 2. The molecule has 4 N–H and O–H groups in total. The minimum Gasteiger partial charge on any atom is -0.481 e. The zero-order chi connectivity index (χ0) is 20.0. The average molecular weight is 378 g/mol. The van der Waals surface area contributed by atoms with Crippen molar-refractivity contribution in [2.24, 2.45) is 28.6 Å². The number of carbonyl (C=O) groups excluding carboxylic acids is 1. The summed E-state index contributed by atoms with van der Waals surface area (Å²) in [5.41, 5.74) is -3.29. The molecule has 7 nitrogen and oxygen atoms in total. The number of aliphatic carboxylic acids is 1. The number of hydrogen-bond acceptors (Lipinski definition) is 6. The quantitative estimate of drug-likeness (QED) is 0.390. The Balaban J connectivity index is 0.000000872. The molecule has 7 heteroatoms. The van der Waals surface area contributed by atoms with Crippen molar-refractivity contribution in [3.8, 4) is 0 Å². The molecule has 0 radical (unpaired) electrons. The van der Waals surface area contributed by atoms with Crippen LogP contribution in [0.5, 0.6) is 0 Å². The molecule has 148 valence electrons. The van der Waals surface area contributed by atoms with Crippen LogP contribution < -0.4 is 0 Å². The zero-order valence-electron chi connectivity index (χ0n) is 15.5. The molecule has 1 spiro atoms. The second-order valence-corrected chi connectivity index (χ2v) is 8.94. The van der Waals surface area contributed by atoms with Crippen molar-refractivity contribution < 1.29 is 34.8 Å². The molecule has 0 aromatic carbocycles. The molecule has 1 saturated heterocycles. The van der Waals surface area contributed by atoms with E-state index in [2.05, 4.69) is 6.58 Å². The van der Waals surface area contributed by atoms with Crippen LogP contribution in [0.1, 0.15) is 32.6 Å². The Hall–Kier alpha value is -1.70. The maximum absolute atomic E-state index is 12.7. The Kier molecular flexibility index (Phi) is 3.60. The highest BCUT2D eigenvalue weighted by molar-refractivity contribution is 5.86. The van der Waals surface area contributed by atoms with Gasteiger partial charge in [0.25, 0.3) is 0 Å². The Morgan fingerprint density at radius 1 is 1.37 bits per heavy atom. The van der Waals surface area contributed by atoms with E-state index in [-0.39, 0.29) is 5.92 Å². The van der Waals surface area contributed by atoms with Crippen molar-refractivity contribution in [1.29, 1.82) is 0 Å². The van der Waals surface area contributed by atoms with Gasteiger partial charge in [-0.2, -0.15) is 0 Å². The summed E-state index contributed by atoms with van der Waals surface area (Å²) < 4.78 is 5.87. The number of ether oxygens (including phenoxy) is 1. The van der Waals surface area contributed by atoms with Gasteiger partial charge in [0.15, 0.2) is 0 Å². The van der Waals surface area contributed by atoms with Gasteiger partial charge in [0, 0.05) is 18.9 Å². The summed E-state index contributed by atoms with van der Waals surface area (Å²) in [4.78, 5) is 25.1. The molecule has 8 atom stereocenters. The Labute approximate surface area is 157 Å². The Morgan fingerprint density at radius 2 is 2.04 bits per heavy atom. The summed E-state index contributed by atoms with van der Waals surface area (Å²) >= 11 is 0. The second-order valence-electron chi connectivity index (χ2n) is 8.94. The van der Waals surface area contributed by atoms with Crippen LogP contribution in [0.4, 0.5) is 0 Å². The molecule has 0 amide bonds. The lowest BCUT2D eigenvalue weighted by atomic mass is 9.61. The summed E-state index contributed by atoms with van der Waals surface area (Å²) in [6, 6.07) is 0. The Bertz CT molecular complexity index is 774. The SMILES string of the molecule is C=C1C[C@]23C[C@@]1(O)CC[C@H]2[C@@]12C=C[C@H](O)[C@@](C)(C(=O)O1)[C@H]2[C@@H]3C(=O)O.CO. The number of aliphatic hydroxyl groups is 3. The molecule has 1 aliphatic heterocycles. The van der Waals surface area contributed by atoms with E-state index in [9.17, 15) is 24.9 Å². The topological polar surface area (TPSA) is 124 Å². The summed E-state index contributed by atoms with van der Waals surface area (Å²) in [6.07, 6.45) is 4.11. The van der Waals surface area contributed by atoms with Gasteiger partial charge >= 0.3 is 11.9 Å². The monoisotopic (exact) mass is 378 g/mol. The Morgan fingerprint density at radius 3 is 2.67 bits per heavy atom. The molecule has 4 bridgehead atoms. The highest BCUT2D eigenvalue weighted by Crippen LogP contribution is 2.77. The van der Waals surface area contributed by atoms with E-state index in [1.54, 1.807) is 19.1 Å². The number of carboxylic acid groups (broad SMARTS) is 1. The largest absolute Gasteiger partial charge is 0.481 e. The first-order chi connectivity index (χ1) is 12.6. The van der Waals surface area contributed by atoms with Crippen LogP contribution in [0.3, 0.4) is 0 Å².